The Morgan fingerprint density at radius 2 is 1.69 bits per heavy atom. The van der Waals surface area contributed by atoms with Gasteiger partial charge in [-0.3, -0.25) is 4.79 Å². The highest BCUT2D eigenvalue weighted by Gasteiger charge is 2.29. The second-order valence-electron chi connectivity index (χ2n) is 7.45. The van der Waals surface area contributed by atoms with E-state index in [9.17, 15) is 9.59 Å². The molecule has 26 heavy (non-hydrogen) atoms. The zero-order valence-electron chi connectivity index (χ0n) is 15.9. The van der Waals surface area contributed by atoms with Gasteiger partial charge < -0.3 is 20.5 Å². The van der Waals surface area contributed by atoms with Gasteiger partial charge >= 0.3 is 5.97 Å². The van der Waals surface area contributed by atoms with Gasteiger partial charge in [0.1, 0.15) is 6.04 Å². The summed E-state index contributed by atoms with van der Waals surface area (Å²) in [5, 5.41) is 2.87. The fourth-order valence-electron chi connectivity index (χ4n) is 3.94. The molecule has 0 bridgehead atoms. The van der Waals surface area contributed by atoms with E-state index in [-0.39, 0.29) is 24.3 Å². The molecule has 3 N–H and O–H groups in total. The first-order valence-electron chi connectivity index (χ1n) is 9.90. The van der Waals surface area contributed by atoms with Crippen LogP contribution in [0.1, 0.15) is 64.7 Å². The molecule has 6 nitrogen and oxygen atoms in total. The summed E-state index contributed by atoms with van der Waals surface area (Å²) in [7, 11) is 0. The number of rotatable bonds is 8. The van der Waals surface area contributed by atoms with E-state index in [2.05, 4.69) is 5.32 Å². The van der Waals surface area contributed by atoms with Crippen LogP contribution >= 0.6 is 12.4 Å². The molecule has 1 saturated heterocycles. The summed E-state index contributed by atoms with van der Waals surface area (Å²) in [6, 6.07) is -1.15. The molecule has 7 heteroatoms. The van der Waals surface area contributed by atoms with Gasteiger partial charge in [-0.25, -0.2) is 4.79 Å². The monoisotopic (exact) mass is 390 g/mol. The summed E-state index contributed by atoms with van der Waals surface area (Å²) in [5.41, 5.74) is 6.10. The third-order valence-corrected chi connectivity index (χ3v) is 5.45. The summed E-state index contributed by atoms with van der Waals surface area (Å²) in [4.78, 5) is 24.8. The van der Waals surface area contributed by atoms with E-state index in [1.807, 2.05) is 0 Å². The van der Waals surface area contributed by atoms with Crippen LogP contribution in [0.4, 0.5) is 0 Å². The van der Waals surface area contributed by atoms with Gasteiger partial charge in [-0.1, -0.05) is 32.1 Å². The van der Waals surface area contributed by atoms with Crippen LogP contribution in [0.3, 0.4) is 0 Å². The third-order valence-electron chi connectivity index (χ3n) is 5.45. The summed E-state index contributed by atoms with van der Waals surface area (Å²) in [6.45, 7) is 3.59. The largest absolute Gasteiger partial charge is 0.464 e. The molecule has 0 aromatic rings. The van der Waals surface area contributed by atoms with E-state index < -0.39 is 12.1 Å². The zero-order chi connectivity index (χ0) is 18.1. The van der Waals surface area contributed by atoms with Crippen molar-refractivity contribution in [2.75, 3.05) is 19.8 Å². The van der Waals surface area contributed by atoms with Gasteiger partial charge in [0.05, 0.1) is 12.6 Å². The number of ether oxygens (including phenoxy) is 2. The van der Waals surface area contributed by atoms with Gasteiger partial charge in [-0.15, -0.1) is 12.4 Å². The van der Waals surface area contributed by atoms with Crippen molar-refractivity contribution in [1.29, 1.82) is 0 Å². The second-order valence-corrected chi connectivity index (χ2v) is 7.45. The molecule has 2 fully saturated rings. The Morgan fingerprint density at radius 3 is 2.31 bits per heavy atom. The lowest BCUT2D eigenvalue weighted by molar-refractivity contribution is -0.148. The van der Waals surface area contributed by atoms with Crippen molar-refractivity contribution in [3.63, 3.8) is 0 Å². The lowest BCUT2D eigenvalue weighted by atomic mass is 9.84. The summed E-state index contributed by atoms with van der Waals surface area (Å²) >= 11 is 0. The molecule has 0 aromatic heterocycles. The van der Waals surface area contributed by atoms with Crippen molar-refractivity contribution in [1.82, 2.24) is 5.32 Å². The van der Waals surface area contributed by atoms with Crippen molar-refractivity contribution in [2.24, 2.45) is 17.6 Å². The van der Waals surface area contributed by atoms with Crippen molar-refractivity contribution < 1.29 is 19.1 Å². The first-order valence-corrected chi connectivity index (χ1v) is 9.90. The van der Waals surface area contributed by atoms with Crippen LogP contribution in [-0.4, -0.2) is 43.8 Å². The third kappa shape index (κ3) is 7.80. The quantitative estimate of drug-likeness (QED) is 0.621. The van der Waals surface area contributed by atoms with E-state index in [1.54, 1.807) is 6.92 Å². The summed E-state index contributed by atoms with van der Waals surface area (Å²) in [5.74, 6) is 0.337. The molecule has 0 spiro atoms. The van der Waals surface area contributed by atoms with Crippen LogP contribution in [0.25, 0.3) is 0 Å². The normalized spacial score (nSPS) is 21.3. The van der Waals surface area contributed by atoms with Gasteiger partial charge in [0, 0.05) is 13.2 Å². The number of carbonyl (C=O) groups excluding carboxylic acids is 2. The standard InChI is InChI=1S/C19H34N2O4.ClH/c1-2-25-19(23)17(13-14-6-4-3-5-7-14)21-18(22)16(20)12-15-8-10-24-11-9-15;/h14-17H,2-13,20H2,1H3,(H,21,22);1H/t16?,17-;/m1./s1. The molecule has 0 aromatic carbocycles. The molecule has 2 aliphatic rings. The minimum atomic E-state index is -0.577. The number of esters is 1. The van der Waals surface area contributed by atoms with E-state index in [0.717, 1.165) is 38.9 Å². The van der Waals surface area contributed by atoms with Gasteiger partial charge in [-0.2, -0.15) is 0 Å². The maximum absolute atomic E-state index is 12.5. The van der Waals surface area contributed by atoms with Crippen LogP contribution < -0.4 is 11.1 Å². The van der Waals surface area contributed by atoms with Crippen LogP contribution in [0.15, 0.2) is 0 Å². The predicted molar refractivity (Wildman–Crippen MR) is 103 cm³/mol. The number of hydrogen-bond acceptors (Lipinski definition) is 5. The van der Waals surface area contributed by atoms with E-state index in [4.69, 9.17) is 15.2 Å². The lowest BCUT2D eigenvalue weighted by Gasteiger charge is -2.28. The Labute approximate surface area is 163 Å². The van der Waals surface area contributed by atoms with Gasteiger partial charge in [0.15, 0.2) is 0 Å². The molecule has 2 atom stereocenters. The van der Waals surface area contributed by atoms with Crippen LogP contribution in [-0.2, 0) is 19.1 Å². The number of carbonyl (C=O) groups is 2. The highest BCUT2D eigenvalue weighted by Crippen LogP contribution is 2.27. The number of nitrogens with two attached hydrogens (primary N) is 1. The fraction of sp³-hybridized carbons (Fsp3) is 0.895. The van der Waals surface area contributed by atoms with E-state index in [1.165, 1.54) is 19.3 Å². The van der Waals surface area contributed by atoms with E-state index >= 15 is 0 Å². The average molecular weight is 391 g/mol. The minimum Gasteiger partial charge on any atom is -0.464 e. The minimum absolute atomic E-state index is 0. The molecule has 1 aliphatic carbocycles. The first-order chi connectivity index (χ1) is 12.1. The number of halogens is 1. The second kappa shape index (κ2) is 12.5. The predicted octanol–water partition coefficient (Wildman–Crippen LogP) is 2.57. The molecule has 1 unspecified atom stereocenters. The Kier molecular flexibility index (Phi) is 11.2. The Bertz CT molecular complexity index is 424. The lowest BCUT2D eigenvalue weighted by Crippen LogP contribution is -2.50. The molecule has 0 radical (unpaired) electrons. The summed E-state index contributed by atoms with van der Waals surface area (Å²) < 4.78 is 10.5. The molecule has 1 saturated carbocycles. The van der Waals surface area contributed by atoms with Crippen LogP contribution in [0, 0.1) is 11.8 Å². The van der Waals surface area contributed by atoms with Gasteiger partial charge in [0.25, 0.3) is 0 Å². The van der Waals surface area contributed by atoms with Crippen LogP contribution in [0.5, 0.6) is 0 Å². The highest BCUT2D eigenvalue weighted by atomic mass is 35.5. The fourth-order valence-corrected chi connectivity index (χ4v) is 3.94. The average Bonchev–Trinajstić information content (AvgIpc) is 2.63. The van der Waals surface area contributed by atoms with Crippen molar-refractivity contribution in [2.45, 2.75) is 76.8 Å². The molecule has 1 amide bonds. The first kappa shape index (κ1) is 23.2. The number of hydrogen-bond donors (Lipinski definition) is 2. The Balaban J connectivity index is 0.00000338. The molecule has 2 rings (SSSR count). The van der Waals surface area contributed by atoms with Crippen molar-refractivity contribution in [3.8, 4) is 0 Å². The maximum atomic E-state index is 12.5. The van der Waals surface area contributed by atoms with E-state index in [0.29, 0.717) is 31.3 Å². The van der Waals surface area contributed by atoms with Gasteiger partial charge in [-0.05, 0) is 44.4 Å². The Morgan fingerprint density at radius 1 is 1.08 bits per heavy atom. The van der Waals surface area contributed by atoms with Crippen molar-refractivity contribution >= 4 is 24.3 Å². The van der Waals surface area contributed by atoms with Crippen LogP contribution in [0.2, 0.25) is 0 Å². The summed E-state index contributed by atoms with van der Waals surface area (Å²) in [6.07, 6.45) is 9.13. The smallest absolute Gasteiger partial charge is 0.328 e. The maximum Gasteiger partial charge on any atom is 0.328 e. The topological polar surface area (TPSA) is 90.7 Å². The molecule has 152 valence electrons. The molecule has 1 heterocycles. The van der Waals surface area contributed by atoms with Crippen molar-refractivity contribution in [3.05, 3.63) is 0 Å². The molecule has 1 aliphatic heterocycles. The highest BCUT2D eigenvalue weighted by molar-refractivity contribution is 5.87. The number of amides is 1. The SMILES string of the molecule is CCOC(=O)[C@@H](CC1CCCCC1)NC(=O)C(N)CC1CCOCC1.Cl. The Hall–Kier alpha value is -0.850. The zero-order valence-corrected chi connectivity index (χ0v) is 16.7. The van der Waals surface area contributed by atoms with Gasteiger partial charge in [0.2, 0.25) is 5.91 Å². The number of nitrogens with one attached hydrogen (secondary N) is 1. The molecular formula is C19H35ClN2O4. The molecular weight excluding hydrogens is 356 g/mol.